The maximum absolute atomic E-state index is 12.2. The second-order valence-corrected chi connectivity index (χ2v) is 7.22. The Bertz CT molecular complexity index is 948. The fourth-order valence-corrected chi connectivity index (χ4v) is 3.64. The number of aromatic nitrogens is 1. The summed E-state index contributed by atoms with van der Waals surface area (Å²) in [5, 5.41) is 9.40. The van der Waals surface area contributed by atoms with Crippen molar-refractivity contribution in [3.63, 3.8) is 0 Å². The zero-order valence-corrected chi connectivity index (χ0v) is 16.8. The molecule has 2 aliphatic rings. The lowest BCUT2D eigenvalue weighted by molar-refractivity contribution is 0.0734. The smallest absolute Gasteiger partial charge is 0.415 e. The molecule has 3 heterocycles. The summed E-state index contributed by atoms with van der Waals surface area (Å²) in [6, 6.07) is 9.13. The van der Waals surface area contributed by atoms with Crippen molar-refractivity contribution in [2.75, 3.05) is 38.8 Å². The molecule has 2 aliphatic heterocycles. The van der Waals surface area contributed by atoms with Gasteiger partial charge in [0.25, 0.3) is 0 Å². The van der Waals surface area contributed by atoms with Crippen LogP contribution in [0.5, 0.6) is 5.75 Å². The first kappa shape index (κ1) is 20.0. The molecule has 2 unspecified atom stereocenters. The highest BCUT2D eigenvalue weighted by Crippen LogP contribution is 2.40. The van der Waals surface area contributed by atoms with Gasteiger partial charge in [0.2, 0.25) is 0 Å². The highest BCUT2D eigenvalue weighted by atomic mass is 16.6. The predicted molar refractivity (Wildman–Crippen MR) is 108 cm³/mol. The molecule has 2 atom stereocenters. The summed E-state index contributed by atoms with van der Waals surface area (Å²) in [4.78, 5) is 31.2. The van der Waals surface area contributed by atoms with Crippen molar-refractivity contribution in [2.24, 2.45) is 0 Å². The van der Waals surface area contributed by atoms with Crippen LogP contribution in [0.4, 0.5) is 15.3 Å². The lowest BCUT2D eigenvalue weighted by atomic mass is 10.0. The van der Waals surface area contributed by atoms with Crippen LogP contribution in [0.3, 0.4) is 0 Å². The number of methoxy groups -OCH3 is 1. The number of benzene rings is 1. The molecule has 0 saturated carbocycles. The van der Waals surface area contributed by atoms with E-state index in [1.165, 1.54) is 12.0 Å². The summed E-state index contributed by atoms with van der Waals surface area (Å²) in [7, 11) is 3.03. The molecule has 0 bridgehead atoms. The Balaban J connectivity index is 1.48. The monoisotopic (exact) mass is 413 g/mol. The van der Waals surface area contributed by atoms with E-state index < -0.39 is 12.2 Å². The molecule has 1 aromatic heterocycles. The standard InChI is InChI=1S/C21H23N3O6/c1-23(20(26)28-2)8-7-15-5-3-14(10-22-15)13-4-6-16-18(9-13)29-12-17-19(11-25)30-21(27)24(16)17/h3-6,9-10,17,19,25H,7-8,11-12H2,1-2H3. The molecule has 158 valence electrons. The van der Waals surface area contributed by atoms with Gasteiger partial charge >= 0.3 is 12.2 Å². The van der Waals surface area contributed by atoms with Crippen LogP contribution < -0.4 is 9.64 Å². The minimum Gasteiger partial charge on any atom is -0.489 e. The van der Waals surface area contributed by atoms with Crippen molar-refractivity contribution in [3.8, 4) is 16.9 Å². The summed E-state index contributed by atoms with van der Waals surface area (Å²) in [5.74, 6) is 0.586. The van der Waals surface area contributed by atoms with E-state index >= 15 is 0 Å². The highest BCUT2D eigenvalue weighted by Gasteiger charge is 2.46. The van der Waals surface area contributed by atoms with E-state index in [2.05, 4.69) is 9.72 Å². The number of likely N-dealkylation sites (N-methyl/N-ethyl adjacent to an activating group) is 1. The number of rotatable bonds is 5. The van der Waals surface area contributed by atoms with E-state index in [0.717, 1.165) is 16.8 Å². The first-order valence-electron chi connectivity index (χ1n) is 9.63. The number of cyclic esters (lactones) is 1. The normalized spacial score (nSPS) is 19.4. The van der Waals surface area contributed by atoms with Crippen molar-refractivity contribution >= 4 is 17.9 Å². The lowest BCUT2D eigenvalue weighted by Crippen LogP contribution is -2.45. The number of anilines is 1. The summed E-state index contributed by atoms with van der Waals surface area (Å²) in [5.41, 5.74) is 3.31. The molecule has 2 aromatic rings. The Hall–Kier alpha value is -3.33. The third-order valence-corrected chi connectivity index (χ3v) is 5.37. The maximum Gasteiger partial charge on any atom is 0.415 e. The molecule has 1 fully saturated rings. The minimum atomic E-state index is -0.583. The van der Waals surface area contributed by atoms with E-state index in [9.17, 15) is 14.7 Å². The third-order valence-electron chi connectivity index (χ3n) is 5.37. The molecule has 1 saturated heterocycles. The van der Waals surface area contributed by atoms with Crippen molar-refractivity contribution in [1.82, 2.24) is 9.88 Å². The molecule has 30 heavy (non-hydrogen) atoms. The van der Waals surface area contributed by atoms with Crippen LogP contribution in [0.1, 0.15) is 5.69 Å². The zero-order valence-electron chi connectivity index (χ0n) is 16.8. The van der Waals surface area contributed by atoms with E-state index in [-0.39, 0.29) is 25.3 Å². The van der Waals surface area contributed by atoms with Crippen molar-refractivity contribution in [1.29, 1.82) is 0 Å². The molecule has 0 radical (unpaired) electrons. The second-order valence-electron chi connectivity index (χ2n) is 7.22. The topological polar surface area (TPSA) is 101 Å². The number of nitrogens with zero attached hydrogens (tertiary/aromatic N) is 3. The largest absolute Gasteiger partial charge is 0.489 e. The Labute approximate surface area is 173 Å². The molecule has 1 N–H and O–H groups in total. The van der Waals surface area contributed by atoms with Gasteiger partial charge in [-0.1, -0.05) is 12.1 Å². The Kier molecular flexibility index (Phi) is 5.45. The molecule has 0 aliphatic carbocycles. The van der Waals surface area contributed by atoms with Gasteiger partial charge in [-0.05, 0) is 23.8 Å². The van der Waals surface area contributed by atoms with Gasteiger partial charge in [0, 0.05) is 37.5 Å². The Morgan fingerprint density at radius 2 is 2.13 bits per heavy atom. The number of hydrogen-bond donors (Lipinski definition) is 1. The van der Waals surface area contributed by atoms with Crippen LogP contribution in [0.2, 0.25) is 0 Å². The highest BCUT2D eigenvalue weighted by molar-refractivity contribution is 5.94. The van der Waals surface area contributed by atoms with Crippen LogP contribution in [0.15, 0.2) is 36.5 Å². The third kappa shape index (κ3) is 3.63. The predicted octanol–water partition coefficient (Wildman–Crippen LogP) is 2.07. The van der Waals surface area contributed by atoms with Crippen molar-refractivity contribution in [3.05, 3.63) is 42.2 Å². The number of pyridine rings is 1. The van der Waals surface area contributed by atoms with Crippen LogP contribution in [-0.2, 0) is 15.9 Å². The van der Waals surface area contributed by atoms with Gasteiger partial charge < -0.3 is 24.2 Å². The second kappa shape index (κ2) is 8.19. The fourth-order valence-electron chi connectivity index (χ4n) is 3.64. The molecule has 0 spiro atoms. The van der Waals surface area contributed by atoms with Gasteiger partial charge in [0.15, 0.2) is 6.10 Å². The van der Waals surface area contributed by atoms with Gasteiger partial charge in [0.1, 0.15) is 18.4 Å². The number of fused-ring (bicyclic) bond motifs is 3. The van der Waals surface area contributed by atoms with Gasteiger partial charge in [0.05, 0.1) is 19.4 Å². The zero-order chi connectivity index (χ0) is 21.3. The average Bonchev–Trinajstić information content (AvgIpc) is 3.12. The molecule has 4 rings (SSSR count). The first-order chi connectivity index (χ1) is 14.5. The molecule has 9 nitrogen and oxygen atoms in total. The first-order valence-corrected chi connectivity index (χ1v) is 9.63. The molecule has 2 amide bonds. The van der Waals surface area contributed by atoms with Gasteiger partial charge in [-0.3, -0.25) is 9.88 Å². The number of aliphatic hydroxyl groups excluding tert-OH is 1. The van der Waals surface area contributed by atoms with Gasteiger partial charge in [-0.25, -0.2) is 9.59 Å². The summed E-state index contributed by atoms with van der Waals surface area (Å²) in [6.07, 6.45) is 0.950. The Morgan fingerprint density at radius 3 is 2.83 bits per heavy atom. The summed E-state index contributed by atoms with van der Waals surface area (Å²) in [6.45, 7) is 0.531. The van der Waals surface area contributed by atoms with Crippen molar-refractivity contribution < 1.29 is 28.9 Å². The number of carbonyl (C=O) groups is 2. The SMILES string of the molecule is COC(=O)N(C)CCc1ccc(-c2ccc3c(c2)OCC2C(CO)OC(=O)N32)cn1. The summed E-state index contributed by atoms with van der Waals surface area (Å²) >= 11 is 0. The number of hydrogen-bond acceptors (Lipinski definition) is 7. The number of ether oxygens (including phenoxy) is 3. The van der Waals surface area contributed by atoms with E-state index in [1.807, 2.05) is 30.3 Å². The van der Waals surface area contributed by atoms with E-state index in [1.54, 1.807) is 18.1 Å². The van der Waals surface area contributed by atoms with Crippen LogP contribution in [0.25, 0.3) is 11.1 Å². The molecular weight excluding hydrogens is 390 g/mol. The molecule has 1 aromatic carbocycles. The van der Waals surface area contributed by atoms with E-state index in [0.29, 0.717) is 24.4 Å². The Morgan fingerprint density at radius 1 is 1.33 bits per heavy atom. The minimum absolute atomic E-state index is 0.239. The number of carbonyl (C=O) groups excluding carboxylic acids is 2. The molecule has 9 heteroatoms. The van der Waals surface area contributed by atoms with Crippen LogP contribution in [-0.4, -0.2) is 73.2 Å². The molecular formula is C21H23N3O6. The maximum atomic E-state index is 12.2. The quantitative estimate of drug-likeness (QED) is 0.801. The fraction of sp³-hybridized carbons (Fsp3) is 0.381. The lowest BCUT2D eigenvalue weighted by Gasteiger charge is -2.31. The van der Waals surface area contributed by atoms with E-state index in [4.69, 9.17) is 9.47 Å². The van der Waals surface area contributed by atoms with Crippen LogP contribution >= 0.6 is 0 Å². The van der Waals surface area contributed by atoms with Crippen LogP contribution in [0, 0.1) is 0 Å². The number of aliphatic hydroxyl groups is 1. The number of amides is 2. The van der Waals surface area contributed by atoms with Gasteiger partial charge in [-0.15, -0.1) is 0 Å². The van der Waals surface area contributed by atoms with Crippen molar-refractivity contribution in [2.45, 2.75) is 18.6 Å². The summed E-state index contributed by atoms with van der Waals surface area (Å²) < 4.78 is 15.7. The van der Waals surface area contributed by atoms with Gasteiger partial charge in [-0.2, -0.15) is 0 Å². The average molecular weight is 413 g/mol.